The van der Waals surface area contributed by atoms with Crippen LogP contribution in [-0.4, -0.2) is 55.2 Å². The van der Waals surface area contributed by atoms with E-state index in [1.807, 2.05) is 38.7 Å². The van der Waals surface area contributed by atoms with Crippen LogP contribution >= 0.6 is 0 Å². The normalized spacial score (nSPS) is 17.7. The van der Waals surface area contributed by atoms with Crippen LogP contribution in [-0.2, 0) is 15.9 Å². The standard InChI is InChI=1S/C28H38N2O5/c1-20-24(33-19-28(14-15-28)13-6-18-32-5)10-8-22-23(29-35-25(20)22)9-7-21-11-16-30(17-12-21)26(31)34-27(2,3)4/h8,10,21H,7,9,11-12,14-19H2,1-5H3. The van der Waals surface area contributed by atoms with Gasteiger partial charge in [0.1, 0.15) is 24.6 Å². The molecule has 2 heterocycles. The fraction of sp³-hybridized carbons (Fsp3) is 0.643. The average Bonchev–Trinajstić information content (AvgIpc) is 3.46. The Bertz CT molecular complexity index is 1090. The van der Waals surface area contributed by atoms with Gasteiger partial charge in [-0.3, -0.25) is 0 Å². The molecule has 2 aliphatic rings. The van der Waals surface area contributed by atoms with Crippen LogP contribution in [0.3, 0.4) is 0 Å². The number of ether oxygens (including phenoxy) is 3. The van der Waals surface area contributed by atoms with Crippen molar-refractivity contribution in [3.63, 3.8) is 0 Å². The number of aryl methyl sites for hydroxylation is 2. The molecule has 1 saturated heterocycles. The largest absolute Gasteiger partial charge is 0.492 e. The first-order valence-corrected chi connectivity index (χ1v) is 12.7. The molecule has 35 heavy (non-hydrogen) atoms. The van der Waals surface area contributed by atoms with Gasteiger partial charge in [-0.25, -0.2) is 4.79 Å². The van der Waals surface area contributed by atoms with E-state index in [1.54, 1.807) is 7.11 Å². The lowest BCUT2D eigenvalue weighted by Gasteiger charge is -2.33. The lowest BCUT2D eigenvalue weighted by Crippen LogP contribution is -2.41. The third-order valence-electron chi connectivity index (χ3n) is 6.90. The number of fused-ring (bicyclic) bond motifs is 1. The molecule has 190 valence electrons. The number of piperidine rings is 1. The number of hydrogen-bond donors (Lipinski definition) is 0. The number of carbonyl (C=O) groups excluding carboxylic acids is 1. The Balaban J connectivity index is 1.30. The van der Waals surface area contributed by atoms with E-state index in [0.717, 1.165) is 79.6 Å². The van der Waals surface area contributed by atoms with Crippen LogP contribution in [0.2, 0.25) is 0 Å². The first-order chi connectivity index (χ1) is 16.7. The molecule has 0 atom stereocenters. The molecule has 0 bridgehead atoms. The Morgan fingerprint density at radius 3 is 2.66 bits per heavy atom. The maximum absolute atomic E-state index is 12.3. The third kappa shape index (κ3) is 6.49. The molecule has 1 aromatic carbocycles. The summed E-state index contributed by atoms with van der Waals surface area (Å²) < 4.78 is 22.4. The second-order valence-corrected chi connectivity index (χ2v) is 10.9. The quantitative estimate of drug-likeness (QED) is 0.484. The molecule has 1 saturated carbocycles. The molecule has 1 aliphatic carbocycles. The molecule has 0 radical (unpaired) electrons. The highest BCUT2D eigenvalue weighted by Gasteiger charge is 2.42. The Hall–Kier alpha value is -2.72. The van der Waals surface area contributed by atoms with E-state index in [9.17, 15) is 4.79 Å². The summed E-state index contributed by atoms with van der Waals surface area (Å²) in [6.45, 7) is 10.3. The van der Waals surface area contributed by atoms with Crippen LogP contribution in [0.1, 0.15) is 64.1 Å². The van der Waals surface area contributed by atoms with Crippen molar-refractivity contribution in [3.8, 4) is 17.6 Å². The summed E-state index contributed by atoms with van der Waals surface area (Å²) in [4.78, 5) is 14.1. The molecule has 7 nitrogen and oxygen atoms in total. The number of benzene rings is 1. The number of amides is 1. The Morgan fingerprint density at radius 2 is 2.00 bits per heavy atom. The zero-order valence-electron chi connectivity index (χ0n) is 21.7. The molecule has 1 aromatic heterocycles. The minimum Gasteiger partial charge on any atom is -0.492 e. The van der Waals surface area contributed by atoms with E-state index >= 15 is 0 Å². The van der Waals surface area contributed by atoms with E-state index in [4.69, 9.17) is 18.7 Å². The van der Waals surface area contributed by atoms with Crippen molar-refractivity contribution in [2.75, 3.05) is 33.4 Å². The molecule has 2 aromatic rings. The first-order valence-electron chi connectivity index (χ1n) is 12.7. The maximum atomic E-state index is 12.3. The third-order valence-corrected chi connectivity index (χ3v) is 6.90. The van der Waals surface area contributed by atoms with Gasteiger partial charge in [0.15, 0.2) is 5.58 Å². The maximum Gasteiger partial charge on any atom is 0.410 e. The average molecular weight is 483 g/mol. The van der Waals surface area contributed by atoms with Crippen LogP contribution in [0, 0.1) is 30.1 Å². The Kier molecular flexibility index (Phi) is 7.61. The predicted molar refractivity (Wildman–Crippen MR) is 134 cm³/mol. The van der Waals surface area contributed by atoms with Gasteiger partial charge in [-0.05, 0) is 84.3 Å². The fourth-order valence-electron chi connectivity index (χ4n) is 4.54. The molecular formula is C28H38N2O5. The second-order valence-electron chi connectivity index (χ2n) is 10.9. The van der Waals surface area contributed by atoms with Crippen LogP contribution in [0.5, 0.6) is 5.75 Å². The van der Waals surface area contributed by atoms with Crippen LogP contribution < -0.4 is 4.74 Å². The summed E-state index contributed by atoms with van der Waals surface area (Å²) in [6, 6.07) is 4.08. The van der Waals surface area contributed by atoms with Gasteiger partial charge in [0.2, 0.25) is 0 Å². The van der Waals surface area contributed by atoms with Crippen molar-refractivity contribution in [3.05, 3.63) is 23.4 Å². The SMILES string of the molecule is COCC#CC1(COc2ccc3c(CCC4CCN(C(=O)OC(C)(C)C)CC4)noc3c2C)CC1. The van der Waals surface area contributed by atoms with Crippen molar-refractivity contribution in [1.29, 1.82) is 0 Å². The predicted octanol–water partition coefficient (Wildman–Crippen LogP) is 5.52. The van der Waals surface area contributed by atoms with Crippen molar-refractivity contribution < 1.29 is 23.5 Å². The van der Waals surface area contributed by atoms with Crippen LogP contribution in [0.4, 0.5) is 4.79 Å². The molecule has 1 amide bonds. The van der Waals surface area contributed by atoms with Gasteiger partial charge >= 0.3 is 6.09 Å². The Morgan fingerprint density at radius 1 is 1.26 bits per heavy atom. The fourth-order valence-corrected chi connectivity index (χ4v) is 4.54. The summed E-state index contributed by atoms with van der Waals surface area (Å²) >= 11 is 0. The summed E-state index contributed by atoms with van der Waals surface area (Å²) in [5.74, 6) is 7.77. The molecule has 0 spiro atoms. The van der Waals surface area contributed by atoms with Crippen molar-refractivity contribution in [1.82, 2.24) is 10.1 Å². The first kappa shape index (κ1) is 25.4. The number of carbonyl (C=O) groups is 1. The summed E-state index contributed by atoms with van der Waals surface area (Å²) in [7, 11) is 1.66. The smallest absolute Gasteiger partial charge is 0.410 e. The number of nitrogens with zero attached hydrogens (tertiary/aromatic N) is 2. The minimum absolute atomic E-state index is 0.0362. The van der Waals surface area contributed by atoms with Gasteiger partial charge in [-0.15, -0.1) is 0 Å². The van der Waals surface area contributed by atoms with Gasteiger partial charge in [0.05, 0.1) is 11.1 Å². The summed E-state index contributed by atoms with van der Waals surface area (Å²) in [5.41, 5.74) is 2.28. The van der Waals surface area contributed by atoms with Crippen LogP contribution in [0.25, 0.3) is 11.0 Å². The molecule has 0 unspecified atom stereocenters. The number of likely N-dealkylation sites (tertiary alicyclic amines) is 1. The van der Waals surface area contributed by atoms with Crippen molar-refractivity contribution >= 4 is 17.1 Å². The van der Waals surface area contributed by atoms with Crippen molar-refractivity contribution in [2.45, 2.75) is 71.8 Å². The lowest BCUT2D eigenvalue weighted by molar-refractivity contribution is 0.0181. The van der Waals surface area contributed by atoms with Gasteiger partial charge < -0.3 is 23.6 Å². The van der Waals surface area contributed by atoms with E-state index in [0.29, 0.717) is 19.1 Å². The topological polar surface area (TPSA) is 74.0 Å². The highest BCUT2D eigenvalue weighted by atomic mass is 16.6. The Labute approximate surface area is 208 Å². The number of aromatic nitrogens is 1. The number of methoxy groups -OCH3 is 1. The molecule has 1 aliphatic heterocycles. The van der Waals surface area contributed by atoms with Gasteiger partial charge in [0.25, 0.3) is 0 Å². The van der Waals surface area contributed by atoms with Crippen molar-refractivity contribution in [2.24, 2.45) is 11.3 Å². The second kappa shape index (κ2) is 10.5. The highest BCUT2D eigenvalue weighted by Crippen LogP contribution is 2.45. The zero-order chi connectivity index (χ0) is 25.1. The lowest BCUT2D eigenvalue weighted by atomic mass is 9.91. The molecular weight excluding hydrogens is 444 g/mol. The van der Waals surface area contributed by atoms with E-state index in [-0.39, 0.29) is 11.5 Å². The molecule has 2 fully saturated rings. The van der Waals surface area contributed by atoms with Gasteiger partial charge in [-0.1, -0.05) is 17.0 Å². The van der Waals surface area contributed by atoms with E-state index in [2.05, 4.69) is 23.1 Å². The van der Waals surface area contributed by atoms with Gasteiger partial charge in [-0.2, -0.15) is 0 Å². The number of rotatable bonds is 7. The number of hydrogen-bond acceptors (Lipinski definition) is 6. The molecule has 4 rings (SSSR count). The molecule has 7 heteroatoms. The van der Waals surface area contributed by atoms with Gasteiger partial charge in [0, 0.05) is 31.1 Å². The molecule has 0 N–H and O–H groups in total. The zero-order valence-corrected chi connectivity index (χ0v) is 21.7. The summed E-state index contributed by atoms with van der Waals surface area (Å²) in [6.07, 6.45) is 5.79. The van der Waals surface area contributed by atoms with E-state index in [1.165, 1.54) is 0 Å². The monoisotopic (exact) mass is 482 g/mol. The minimum atomic E-state index is -0.456. The van der Waals surface area contributed by atoms with Crippen LogP contribution in [0.15, 0.2) is 16.7 Å². The van der Waals surface area contributed by atoms with E-state index < -0.39 is 5.60 Å². The summed E-state index contributed by atoms with van der Waals surface area (Å²) in [5, 5.41) is 5.44. The highest BCUT2D eigenvalue weighted by molar-refractivity contribution is 5.84.